The van der Waals surface area contributed by atoms with Crippen LogP contribution in [0.15, 0.2) is 36.4 Å². The molecular formula is C21H23NO4. The van der Waals surface area contributed by atoms with Crippen LogP contribution in [0.2, 0.25) is 0 Å². The summed E-state index contributed by atoms with van der Waals surface area (Å²) in [6.45, 7) is 4.07. The molecule has 0 saturated carbocycles. The van der Waals surface area contributed by atoms with Gasteiger partial charge in [-0.2, -0.15) is 0 Å². The Morgan fingerprint density at radius 3 is 2.31 bits per heavy atom. The molecule has 2 aromatic rings. The zero-order valence-electron chi connectivity index (χ0n) is 15.5. The van der Waals surface area contributed by atoms with E-state index in [1.807, 2.05) is 13.8 Å². The molecule has 2 aromatic carbocycles. The molecule has 1 atom stereocenters. The molecule has 0 radical (unpaired) electrons. The second-order valence-electron chi connectivity index (χ2n) is 6.71. The van der Waals surface area contributed by atoms with Gasteiger partial charge in [0.15, 0.2) is 0 Å². The number of rotatable bonds is 5. The number of carbonyl (C=O) groups is 2. The Kier molecular flexibility index (Phi) is 4.98. The first-order chi connectivity index (χ1) is 12.4. The number of hydrogen-bond donors (Lipinski definition) is 0. The molecule has 26 heavy (non-hydrogen) atoms. The van der Waals surface area contributed by atoms with E-state index in [2.05, 4.69) is 18.2 Å². The van der Waals surface area contributed by atoms with Gasteiger partial charge in [-0.05, 0) is 38.0 Å². The zero-order valence-corrected chi connectivity index (χ0v) is 15.5. The lowest BCUT2D eigenvalue weighted by molar-refractivity contribution is -0.122. The van der Waals surface area contributed by atoms with Gasteiger partial charge >= 0.3 is 0 Å². The molecule has 1 aliphatic heterocycles. The predicted molar refractivity (Wildman–Crippen MR) is 99.8 cm³/mol. The van der Waals surface area contributed by atoms with E-state index < -0.39 is 0 Å². The van der Waals surface area contributed by atoms with Crippen LogP contribution >= 0.6 is 0 Å². The fourth-order valence-electron chi connectivity index (χ4n) is 3.55. The summed E-state index contributed by atoms with van der Waals surface area (Å²) in [5.41, 5.74) is 3.82. The van der Waals surface area contributed by atoms with Crippen molar-refractivity contribution in [2.75, 3.05) is 19.1 Å². The van der Waals surface area contributed by atoms with Crippen molar-refractivity contribution in [2.24, 2.45) is 5.92 Å². The van der Waals surface area contributed by atoms with Gasteiger partial charge in [-0.3, -0.25) is 9.59 Å². The highest BCUT2D eigenvalue weighted by Crippen LogP contribution is 2.37. The molecule has 1 heterocycles. The Hall–Kier alpha value is -2.82. The van der Waals surface area contributed by atoms with Crippen LogP contribution in [0.5, 0.6) is 11.5 Å². The molecule has 0 unspecified atom stereocenters. The number of ether oxygens (including phenoxy) is 2. The second-order valence-corrected chi connectivity index (χ2v) is 6.71. The number of carbonyl (C=O) groups excluding carboxylic acids is 2. The van der Waals surface area contributed by atoms with Crippen LogP contribution in [0.4, 0.5) is 5.69 Å². The molecular weight excluding hydrogens is 330 g/mol. The van der Waals surface area contributed by atoms with E-state index in [9.17, 15) is 9.59 Å². The molecule has 3 rings (SSSR count). The molecule has 0 aliphatic carbocycles. The number of imide groups is 1. The van der Waals surface area contributed by atoms with E-state index in [1.54, 1.807) is 25.3 Å². The van der Waals surface area contributed by atoms with Crippen LogP contribution < -0.4 is 14.4 Å². The largest absolute Gasteiger partial charge is 0.497 e. The van der Waals surface area contributed by atoms with Crippen LogP contribution in [0, 0.1) is 19.8 Å². The van der Waals surface area contributed by atoms with Gasteiger partial charge in [0.05, 0.1) is 25.8 Å². The number of hydrogen-bond acceptors (Lipinski definition) is 4. The van der Waals surface area contributed by atoms with E-state index in [1.165, 1.54) is 12.0 Å². The van der Waals surface area contributed by atoms with Crippen molar-refractivity contribution in [3.05, 3.63) is 53.1 Å². The van der Waals surface area contributed by atoms with Crippen LogP contribution in [-0.2, 0) is 16.0 Å². The molecule has 0 bridgehead atoms. The monoisotopic (exact) mass is 353 g/mol. The van der Waals surface area contributed by atoms with Gasteiger partial charge in [0.25, 0.3) is 0 Å². The predicted octanol–water partition coefficient (Wildman–Crippen LogP) is 3.44. The smallest absolute Gasteiger partial charge is 0.237 e. The van der Waals surface area contributed by atoms with Crippen LogP contribution in [0.3, 0.4) is 0 Å². The van der Waals surface area contributed by atoms with Gasteiger partial charge < -0.3 is 9.47 Å². The SMILES string of the molecule is COc1ccc(OC)c(N2C(=O)C[C@H](Cc3cc(C)cc(C)c3)C2=O)c1. The van der Waals surface area contributed by atoms with Crippen molar-refractivity contribution in [1.82, 2.24) is 0 Å². The Bertz CT molecular complexity index is 839. The van der Waals surface area contributed by atoms with E-state index in [0.29, 0.717) is 23.6 Å². The Morgan fingerprint density at radius 1 is 1.00 bits per heavy atom. The third-order valence-corrected chi connectivity index (χ3v) is 4.63. The van der Waals surface area contributed by atoms with Crippen LogP contribution in [0.1, 0.15) is 23.1 Å². The Morgan fingerprint density at radius 2 is 1.69 bits per heavy atom. The minimum Gasteiger partial charge on any atom is -0.497 e. The summed E-state index contributed by atoms with van der Waals surface area (Å²) in [4.78, 5) is 26.8. The Balaban J connectivity index is 1.90. The van der Waals surface area contributed by atoms with Crippen LogP contribution in [0.25, 0.3) is 0 Å². The number of amides is 2. The fourth-order valence-corrected chi connectivity index (χ4v) is 3.55. The lowest BCUT2D eigenvalue weighted by Crippen LogP contribution is -2.31. The molecule has 5 nitrogen and oxygen atoms in total. The van der Waals surface area contributed by atoms with Gasteiger partial charge in [0.2, 0.25) is 11.8 Å². The summed E-state index contributed by atoms with van der Waals surface area (Å²) >= 11 is 0. The van der Waals surface area contributed by atoms with Gasteiger partial charge in [-0.15, -0.1) is 0 Å². The van der Waals surface area contributed by atoms with Crippen molar-refractivity contribution in [1.29, 1.82) is 0 Å². The number of aryl methyl sites for hydroxylation is 2. The van der Waals surface area contributed by atoms with Crippen molar-refractivity contribution in [3.63, 3.8) is 0 Å². The van der Waals surface area contributed by atoms with Gasteiger partial charge in [0, 0.05) is 12.5 Å². The van der Waals surface area contributed by atoms with Gasteiger partial charge in [-0.1, -0.05) is 29.3 Å². The summed E-state index contributed by atoms with van der Waals surface area (Å²) in [6, 6.07) is 11.3. The van der Waals surface area contributed by atoms with E-state index >= 15 is 0 Å². The average Bonchev–Trinajstić information content (AvgIpc) is 2.87. The quantitative estimate of drug-likeness (QED) is 0.773. The molecule has 1 aliphatic rings. The average molecular weight is 353 g/mol. The standard InChI is InChI=1S/C21H23NO4/c1-13-7-14(2)9-15(8-13)10-16-11-20(23)22(21(16)24)18-12-17(25-3)5-6-19(18)26-4/h5-9,12,16H,10-11H2,1-4H3/t16-/m0/s1. The third kappa shape index (κ3) is 3.43. The normalized spacial score (nSPS) is 16.9. The first-order valence-corrected chi connectivity index (χ1v) is 8.59. The maximum absolute atomic E-state index is 13.0. The zero-order chi connectivity index (χ0) is 18.8. The van der Waals surface area contributed by atoms with E-state index in [-0.39, 0.29) is 24.2 Å². The van der Waals surface area contributed by atoms with Crippen LogP contribution in [-0.4, -0.2) is 26.0 Å². The molecule has 2 amide bonds. The topological polar surface area (TPSA) is 55.8 Å². The third-order valence-electron chi connectivity index (χ3n) is 4.63. The molecule has 1 fully saturated rings. The minimum atomic E-state index is -0.361. The summed E-state index contributed by atoms with van der Waals surface area (Å²) in [5, 5.41) is 0. The van der Waals surface area contributed by atoms with E-state index in [4.69, 9.17) is 9.47 Å². The molecule has 0 N–H and O–H groups in total. The molecule has 0 spiro atoms. The van der Waals surface area contributed by atoms with E-state index in [0.717, 1.165) is 16.7 Å². The highest BCUT2D eigenvalue weighted by atomic mass is 16.5. The summed E-state index contributed by atoms with van der Waals surface area (Å²) in [5.74, 6) is 0.273. The Labute approximate surface area is 153 Å². The number of nitrogens with zero attached hydrogens (tertiary/aromatic N) is 1. The first kappa shape index (κ1) is 18.0. The van der Waals surface area contributed by atoms with Gasteiger partial charge in [0.1, 0.15) is 11.5 Å². The molecule has 1 saturated heterocycles. The highest BCUT2D eigenvalue weighted by molar-refractivity contribution is 6.21. The fraction of sp³-hybridized carbons (Fsp3) is 0.333. The molecule has 0 aromatic heterocycles. The lowest BCUT2D eigenvalue weighted by atomic mass is 9.95. The van der Waals surface area contributed by atoms with Crippen molar-refractivity contribution in [3.8, 4) is 11.5 Å². The second kappa shape index (κ2) is 7.20. The molecule has 136 valence electrons. The summed E-state index contributed by atoms with van der Waals surface area (Å²) < 4.78 is 10.6. The van der Waals surface area contributed by atoms with Crippen molar-refractivity contribution < 1.29 is 19.1 Å². The summed E-state index contributed by atoms with van der Waals surface area (Å²) in [6.07, 6.45) is 0.752. The van der Waals surface area contributed by atoms with Gasteiger partial charge in [-0.25, -0.2) is 4.90 Å². The maximum Gasteiger partial charge on any atom is 0.237 e. The summed E-state index contributed by atoms with van der Waals surface area (Å²) in [7, 11) is 3.06. The lowest BCUT2D eigenvalue weighted by Gasteiger charge is -2.19. The highest BCUT2D eigenvalue weighted by Gasteiger charge is 2.40. The van der Waals surface area contributed by atoms with Crippen molar-refractivity contribution in [2.45, 2.75) is 26.7 Å². The van der Waals surface area contributed by atoms with Crippen molar-refractivity contribution >= 4 is 17.5 Å². The number of benzene rings is 2. The molecule has 5 heteroatoms. The first-order valence-electron chi connectivity index (χ1n) is 8.59. The minimum absolute atomic E-state index is 0.194. The number of methoxy groups -OCH3 is 2. The maximum atomic E-state index is 13.0. The number of anilines is 1.